The molecular formula is C44H36N4. The molecule has 0 saturated heterocycles. The molecule has 4 fully saturated rings. The van der Waals surface area contributed by atoms with E-state index in [1.807, 2.05) is 78.9 Å². The highest BCUT2D eigenvalue weighted by molar-refractivity contribution is 5.81. The fourth-order valence-corrected chi connectivity index (χ4v) is 9.28. The molecule has 1 heterocycles. The van der Waals surface area contributed by atoms with E-state index in [9.17, 15) is 5.26 Å². The van der Waals surface area contributed by atoms with E-state index in [0.717, 1.165) is 51.1 Å². The van der Waals surface area contributed by atoms with Crippen LogP contribution in [0.3, 0.4) is 0 Å². The molecule has 0 aliphatic heterocycles. The summed E-state index contributed by atoms with van der Waals surface area (Å²) in [6.07, 6.45) is 8.44. The molecule has 0 amide bonds. The van der Waals surface area contributed by atoms with E-state index >= 15 is 0 Å². The Bertz CT molecular complexity index is 2070. The van der Waals surface area contributed by atoms with E-state index in [0.29, 0.717) is 28.5 Å². The van der Waals surface area contributed by atoms with E-state index < -0.39 is 0 Å². The summed E-state index contributed by atoms with van der Waals surface area (Å²) in [5.41, 5.74) is 9.60. The van der Waals surface area contributed by atoms with Crippen LogP contribution >= 0.6 is 0 Å². The van der Waals surface area contributed by atoms with Gasteiger partial charge in [-0.15, -0.1) is 0 Å². The molecule has 0 N–H and O–H groups in total. The van der Waals surface area contributed by atoms with Crippen molar-refractivity contribution in [2.45, 2.75) is 43.9 Å². The van der Waals surface area contributed by atoms with Crippen molar-refractivity contribution < 1.29 is 0 Å². The van der Waals surface area contributed by atoms with Crippen LogP contribution in [0.4, 0.5) is 0 Å². The predicted octanol–water partition coefficient (Wildman–Crippen LogP) is 10.5. The first-order valence-electron chi connectivity index (χ1n) is 17.2. The molecule has 48 heavy (non-hydrogen) atoms. The summed E-state index contributed by atoms with van der Waals surface area (Å²) >= 11 is 0. The third-order valence-corrected chi connectivity index (χ3v) is 11.1. The van der Waals surface area contributed by atoms with Gasteiger partial charge in [-0.25, -0.2) is 15.0 Å². The number of hydrogen-bond acceptors (Lipinski definition) is 4. The zero-order valence-corrected chi connectivity index (χ0v) is 26.9. The highest BCUT2D eigenvalue weighted by atomic mass is 15.0. The Morgan fingerprint density at radius 2 is 0.938 bits per heavy atom. The predicted molar refractivity (Wildman–Crippen MR) is 192 cm³/mol. The first-order chi connectivity index (χ1) is 23.6. The van der Waals surface area contributed by atoms with Crippen LogP contribution in [0.25, 0.3) is 56.4 Å². The van der Waals surface area contributed by atoms with Gasteiger partial charge in [-0.05, 0) is 120 Å². The van der Waals surface area contributed by atoms with Gasteiger partial charge < -0.3 is 0 Å². The van der Waals surface area contributed by atoms with Crippen LogP contribution < -0.4 is 0 Å². The number of nitrogens with zero attached hydrogens (tertiary/aromatic N) is 4. The maximum Gasteiger partial charge on any atom is 0.164 e. The Morgan fingerprint density at radius 3 is 1.48 bits per heavy atom. The minimum atomic E-state index is 0.366. The number of hydrogen-bond donors (Lipinski definition) is 0. The molecule has 0 radical (unpaired) electrons. The lowest BCUT2D eigenvalue weighted by atomic mass is 9.48. The standard InChI is InChI=1S/C44H36N4/c45-28-29-8-7-13-36(21-29)38-22-37(33-14-16-40(17-15-33)44-25-30-18-31(26-44)20-32(19-30)27-44)23-39(24-38)43-47-41(34-9-3-1-4-10-34)46-42(48-43)35-11-5-2-6-12-35/h1-17,21-24,30-32H,18-20,25-27H2/t30-,31-,32-,44?. The van der Waals surface area contributed by atoms with Crippen LogP contribution in [-0.2, 0) is 5.41 Å². The zero-order valence-electron chi connectivity index (χ0n) is 26.9. The van der Waals surface area contributed by atoms with Crippen molar-refractivity contribution in [1.82, 2.24) is 15.0 Å². The molecule has 0 atom stereocenters. The third-order valence-electron chi connectivity index (χ3n) is 11.1. The fraction of sp³-hybridized carbons (Fsp3) is 0.227. The molecule has 5 aromatic carbocycles. The Morgan fingerprint density at radius 1 is 0.458 bits per heavy atom. The summed E-state index contributed by atoms with van der Waals surface area (Å²) in [7, 11) is 0. The Balaban J connectivity index is 1.18. The van der Waals surface area contributed by atoms with Gasteiger partial charge in [-0.1, -0.05) is 97.1 Å². The van der Waals surface area contributed by atoms with Crippen LogP contribution in [-0.4, -0.2) is 15.0 Å². The molecule has 232 valence electrons. The summed E-state index contributed by atoms with van der Waals surface area (Å²) < 4.78 is 0. The second-order valence-electron chi connectivity index (χ2n) is 14.3. The van der Waals surface area contributed by atoms with E-state index in [-0.39, 0.29) is 0 Å². The van der Waals surface area contributed by atoms with Crippen LogP contribution in [0.15, 0.2) is 127 Å². The molecule has 10 rings (SSSR count). The van der Waals surface area contributed by atoms with Crippen molar-refractivity contribution in [3.8, 4) is 62.5 Å². The van der Waals surface area contributed by atoms with Crippen molar-refractivity contribution in [1.29, 1.82) is 5.26 Å². The normalized spacial score (nSPS) is 22.4. The lowest BCUT2D eigenvalue weighted by Gasteiger charge is -2.57. The lowest BCUT2D eigenvalue weighted by Crippen LogP contribution is -2.48. The number of aromatic nitrogens is 3. The number of rotatable bonds is 6. The van der Waals surface area contributed by atoms with Gasteiger partial charge in [-0.3, -0.25) is 0 Å². The minimum Gasteiger partial charge on any atom is -0.208 e. The van der Waals surface area contributed by atoms with Gasteiger partial charge in [0.15, 0.2) is 17.5 Å². The third kappa shape index (κ3) is 5.30. The van der Waals surface area contributed by atoms with Gasteiger partial charge in [0.2, 0.25) is 0 Å². The average Bonchev–Trinajstić information content (AvgIpc) is 3.15. The van der Waals surface area contributed by atoms with Crippen molar-refractivity contribution in [2.75, 3.05) is 0 Å². The molecule has 4 aliphatic rings. The maximum absolute atomic E-state index is 9.69. The summed E-state index contributed by atoms with van der Waals surface area (Å²) in [6, 6.07) is 46.4. The van der Waals surface area contributed by atoms with Gasteiger partial charge in [0.25, 0.3) is 0 Å². The second kappa shape index (κ2) is 11.7. The quantitative estimate of drug-likeness (QED) is 0.186. The van der Waals surface area contributed by atoms with E-state index in [1.165, 1.54) is 49.7 Å². The Kier molecular flexibility index (Phi) is 7.01. The fourth-order valence-electron chi connectivity index (χ4n) is 9.28. The van der Waals surface area contributed by atoms with Gasteiger partial charge in [0, 0.05) is 16.7 Å². The van der Waals surface area contributed by atoms with E-state index in [1.54, 1.807) is 0 Å². The van der Waals surface area contributed by atoms with Crippen molar-refractivity contribution >= 4 is 0 Å². The molecule has 4 heteroatoms. The highest BCUT2D eigenvalue weighted by Gasteiger charge is 2.51. The lowest BCUT2D eigenvalue weighted by molar-refractivity contribution is -0.00518. The molecule has 4 bridgehead atoms. The maximum atomic E-state index is 9.69. The topological polar surface area (TPSA) is 62.5 Å². The Hall–Kier alpha value is -5.40. The zero-order chi connectivity index (χ0) is 32.1. The first kappa shape index (κ1) is 28.8. The number of nitriles is 1. The van der Waals surface area contributed by atoms with Gasteiger partial charge in [-0.2, -0.15) is 5.26 Å². The average molecular weight is 621 g/mol. The van der Waals surface area contributed by atoms with Crippen LogP contribution in [0, 0.1) is 29.1 Å². The van der Waals surface area contributed by atoms with Crippen molar-refractivity contribution in [3.05, 3.63) is 139 Å². The SMILES string of the molecule is N#Cc1cccc(-c2cc(-c3ccc(C45C[C@H]6C[C@H](C4)C[C@@H](C5)C6)cc3)cc(-c3nc(-c4ccccc4)nc(-c4ccccc4)n3)c2)c1. The van der Waals surface area contributed by atoms with Gasteiger partial charge >= 0.3 is 0 Å². The summed E-state index contributed by atoms with van der Waals surface area (Å²) in [5.74, 6) is 4.65. The minimum absolute atomic E-state index is 0.366. The first-order valence-corrected chi connectivity index (χ1v) is 17.2. The Labute approximate surface area is 282 Å². The molecule has 4 aliphatic carbocycles. The summed E-state index contributed by atoms with van der Waals surface area (Å²) in [5, 5.41) is 9.69. The van der Waals surface area contributed by atoms with Crippen molar-refractivity contribution in [3.63, 3.8) is 0 Å². The summed E-state index contributed by atoms with van der Waals surface area (Å²) in [6.45, 7) is 0. The monoisotopic (exact) mass is 620 g/mol. The second-order valence-corrected chi connectivity index (χ2v) is 14.3. The van der Waals surface area contributed by atoms with Gasteiger partial charge in [0.1, 0.15) is 0 Å². The van der Waals surface area contributed by atoms with Crippen molar-refractivity contribution in [2.24, 2.45) is 17.8 Å². The summed E-state index contributed by atoms with van der Waals surface area (Å²) in [4.78, 5) is 15.0. The molecule has 1 aromatic heterocycles. The van der Waals surface area contributed by atoms with E-state index in [4.69, 9.17) is 15.0 Å². The van der Waals surface area contributed by atoms with Crippen LogP contribution in [0.5, 0.6) is 0 Å². The highest BCUT2D eigenvalue weighted by Crippen LogP contribution is 2.60. The molecule has 4 saturated carbocycles. The molecule has 6 aromatic rings. The number of benzene rings is 5. The van der Waals surface area contributed by atoms with Crippen LogP contribution in [0.2, 0.25) is 0 Å². The largest absolute Gasteiger partial charge is 0.208 e. The van der Waals surface area contributed by atoms with Crippen LogP contribution in [0.1, 0.15) is 49.7 Å². The van der Waals surface area contributed by atoms with E-state index in [2.05, 4.69) is 54.6 Å². The molecule has 0 unspecified atom stereocenters. The molecule has 4 nitrogen and oxygen atoms in total. The molecular weight excluding hydrogens is 585 g/mol. The van der Waals surface area contributed by atoms with Gasteiger partial charge in [0.05, 0.1) is 11.6 Å². The molecule has 0 spiro atoms. The smallest absolute Gasteiger partial charge is 0.164 e.